The number of halogens is 4. The second-order valence-electron chi connectivity index (χ2n) is 6.62. The Bertz CT molecular complexity index is 1260. The van der Waals surface area contributed by atoms with Gasteiger partial charge in [-0.25, -0.2) is 17.9 Å². The Kier molecular flexibility index (Phi) is 5.83. The predicted octanol–water partition coefficient (Wildman–Crippen LogP) is 3.17. The number of nitrogens with zero attached hydrogens (tertiary/aromatic N) is 1. The van der Waals surface area contributed by atoms with Crippen molar-refractivity contribution >= 4 is 15.9 Å². The highest BCUT2D eigenvalue weighted by Gasteiger charge is 2.32. The number of primary amides is 1. The summed E-state index contributed by atoms with van der Waals surface area (Å²) in [7, 11) is -4.46. The highest BCUT2D eigenvalue weighted by Crippen LogP contribution is 2.35. The van der Waals surface area contributed by atoms with Crippen molar-refractivity contribution in [2.24, 2.45) is 10.9 Å². The lowest BCUT2D eigenvalue weighted by Crippen LogP contribution is -2.24. The number of rotatable bonds is 5. The molecule has 0 fully saturated rings. The van der Waals surface area contributed by atoms with E-state index in [0.717, 1.165) is 24.4 Å². The molecule has 1 heterocycles. The summed E-state index contributed by atoms with van der Waals surface area (Å²) in [6.45, 7) is 0. The minimum absolute atomic E-state index is 0.00492. The molecule has 3 aromatic rings. The molecule has 0 aliphatic heterocycles. The molecule has 3 rings (SSSR count). The lowest BCUT2D eigenvalue weighted by Gasteiger charge is -2.18. The maximum atomic E-state index is 14.3. The van der Waals surface area contributed by atoms with Crippen molar-refractivity contribution in [3.63, 3.8) is 0 Å². The fourth-order valence-electron chi connectivity index (χ4n) is 3.14. The molecule has 1 unspecified atom stereocenters. The Hall–Kier alpha value is -3.31. The summed E-state index contributed by atoms with van der Waals surface area (Å²) in [5, 5.41) is 5.27. The van der Waals surface area contributed by atoms with Gasteiger partial charge in [-0.2, -0.15) is 13.2 Å². The van der Waals surface area contributed by atoms with Gasteiger partial charge < -0.3 is 5.73 Å². The number of carbonyl (C=O) groups is 1. The third kappa shape index (κ3) is 4.72. The molecule has 1 aromatic heterocycles. The molecular formula is C20H15F4N3O3S. The van der Waals surface area contributed by atoms with Crippen molar-refractivity contribution in [2.45, 2.75) is 17.0 Å². The Morgan fingerprint density at radius 2 is 1.71 bits per heavy atom. The van der Waals surface area contributed by atoms with E-state index in [4.69, 9.17) is 10.9 Å². The molecule has 0 saturated heterocycles. The van der Waals surface area contributed by atoms with Crippen LogP contribution in [0.2, 0.25) is 0 Å². The van der Waals surface area contributed by atoms with E-state index in [1.807, 2.05) is 0 Å². The number of hydrogen-bond acceptors (Lipinski definition) is 4. The fraction of sp³-hybridized carbons (Fsp3) is 0.100. The van der Waals surface area contributed by atoms with Crippen LogP contribution in [0.5, 0.6) is 0 Å². The molecule has 1 amide bonds. The average molecular weight is 453 g/mol. The van der Waals surface area contributed by atoms with Crippen LogP contribution < -0.4 is 10.9 Å². The third-order valence-corrected chi connectivity index (χ3v) is 5.47. The van der Waals surface area contributed by atoms with E-state index in [1.54, 1.807) is 0 Å². The summed E-state index contributed by atoms with van der Waals surface area (Å²) < 4.78 is 77.8. The Labute approximate surface area is 174 Å². The standard InChI is InChI=1S/C20H15F4N3O3S/c21-16-4-2-1-3-15(16)18(19(25)28)11-5-6-14(17(8-11)31(26,29)30)12-7-13(10-27-9-12)20(22,23)24/h1-10,18H,(H2,25,28)(H2,26,29,30). The average Bonchev–Trinajstić information content (AvgIpc) is 2.68. The van der Waals surface area contributed by atoms with E-state index in [2.05, 4.69) is 4.98 Å². The number of carbonyl (C=O) groups excluding carboxylic acids is 1. The number of primary sulfonamides is 1. The quantitative estimate of drug-likeness (QED) is 0.577. The fourth-order valence-corrected chi connectivity index (χ4v) is 3.93. The van der Waals surface area contributed by atoms with Gasteiger partial charge in [0.15, 0.2) is 0 Å². The minimum atomic E-state index is -4.70. The van der Waals surface area contributed by atoms with Gasteiger partial charge in [0.05, 0.1) is 16.4 Å². The summed E-state index contributed by atoms with van der Waals surface area (Å²) in [5.74, 6) is -3.05. The first-order valence-corrected chi connectivity index (χ1v) is 10.2. The second-order valence-corrected chi connectivity index (χ2v) is 8.15. The first-order chi connectivity index (χ1) is 14.4. The smallest absolute Gasteiger partial charge is 0.369 e. The van der Waals surface area contributed by atoms with E-state index in [-0.39, 0.29) is 22.3 Å². The van der Waals surface area contributed by atoms with Crippen molar-refractivity contribution in [3.05, 3.63) is 83.4 Å². The van der Waals surface area contributed by atoms with Gasteiger partial charge in [0.2, 0.25) is 15.9 Å². The number of aromatic nitrogens is 1. The number of hydrogen-bond donors (Lipinski definition) is 2. The Balaban J connectivity index is 2.23. The van der Waals surface area contributed by atoms with Crippen LogP contribution in [-0.4, -0.2) is 19.3 Å². The van der Waals surface area contributed by atoms with Crippen LogP contribution in [0.1, 0.15) is 22.6 Å². The normalized spacial score (nSPS) is 13.1. The van der Waals surface area contributed by atoms with Crippen molar-refractivity contribution < 1.29 is 30.8 Å². The molecule has 0 radical (unpaired) electrons. The Morgan fingerprint density at radius 1 is 1.03 bits per heavy atom. The molecule has 1 atom stereocenters. The lowest BCUT2D eigenvalue weighted by molar-refractivity contribution is -0.137. The highest BCUT2D eigenvalue weighted by atomic mass is 32.2. The first-order valence-electron chi connectivity index (χ1n) is 8.62. The molecule has 2 aromatic carbocycles. The van der Waals surface area contributed by atoms with Gasteiger partial charge in [0.1, 0.15) is 5.82 Å². The van der Waals surface area contributed by atoms with Crippen LogP contribution in [0.25, 0.3) is 11.1 Å². The van der Waals surface area contributed by atoms with Gasteiger partial charge in [-0.05, 0) is 23.8 Å². The Morgan fingerprint density at radius 3 is 2.29 bits per heavy atom. The van der Waals surface area contributed by atoms with Gasteiger partial charge in [-0.3, -0.25) is 9.78 Å². The maximum Gasteiger partial charge on any atom is 0.417 e. The zero-order valence-electron chi connectivity index (χ0n) is 15.6. The molecule has 0 spiro atoms. The summed E-state index contributed by atoms with van der Waals surface area (Å²) in [6, 6.07) is 9.44. The second kappa shape index (κ2) is 8.08. The van der Waals surface area contributed by atoms with Crippen molar-refractivity contribution in [3.8, 4) is 11.1 Å². The van der Waals surface area contributed by atoms with Crippen molar-refractivity contribution in [1.29, 1.82) is 0 Å². The number of pyridine rings is 1. The minimum Gasteiger partial charge on any atom is -0.369 e. The summed E-state index contributed by atoms with van der Waals surface area (Å²) in [5.41, 5.74) is 3.92. The molecule has 31 heavy (non-hydrogen) atoms. The zero-order chi connectivity index (χ0) is 23.0. The first kappa shape index (κ1) is 22.4. The van der Waals surface area contributed by atoms with E-state index < -0.39 is 44.3 Å². The zero-order valence-corrected chi connectivity index (χ0v) is 16.4. The number of alkyl halides is 3. The molecule has 0 aliphatic carbocycles. The van der Waals surface area contributed by atoms with Gasteiger partial charge in [0.25, 0.3) is 0 Å². The number of benzene rings is 2. The van der Waals surface area contributed by atoms with E-state index in [9.17, 15) is 30.8 Å². The number of sulfonamides is 1. The highest BCUT2D eigenvalue weighted by molar-refractivity contribution is 7.89. The summed E-state index contributed by atoms with van der Waals surface area (Å²) >= 11 is 0. The van der Waals surface area contributed by atoms with Crippen LogP contribution in [0.3, 0.4) is 0 Å². The van der Waals surface area contributed by atoms with Gasteiger partial charge >= 0.3 is 6.18 Å². The molecule has 0 saturated carbocycles. The summed E-state index contributed by atoms with van der Waals surface area (Å²) in [4.78, 5) is 15.0. The van der Waals surface area contributed by atoms with Crippen LogP contribution in [0.15, 0.2) is 65.8 Å². The number of nitrogens with two attached hydrogens (primary N) is 2. The van der Waals surface area contributed by atoms with Crippen molar-refractivity contribution in [1.82, 2.24) is 4.98 Å². The van der Waals surface area contributed by atoms with Gasteiger partial charge in [0, 0.05) is 29.1 Å². The monoisotopic (exact) mass is 453 g/mol. The van der Waals surface area contributed by atoms with E-state index in [1.165, 1.54) is 30.3 Å². The molecule has 11 heteroatoms. The van der Waals surface area contributed by atoms with E-state index >= 15 is 0 Å². The maximum absolute atomic E-state index is 14.3. The predicted molar refractivity (Wildman–Crippen MR) is 103 cm³/mol. The van der Waals surface area contributed by atoms with Crippen LogP contribution >= 0.6 is 0 Å². The van der Waals surface area contributed by atoms with Crippen LogP contribution in [0.4, 0.5) is 17.6 Å². The molecule has 4 N–H and O–H groups in total. The van der Waals surface area contributed by atoms with Crippen LogP contribution in [-0.2, 0) is 21.0 Å². The van der Waals surface area contributed by atoms with Gasteiger partial charge in [-0.15, -0.1) is 0 Å². The van der Waals surface area contributed by atoms with E-state index in [0.29, 0.717) is 6.20 Å². The summed E-state index contributed by atoms with van der Waals surface area (Å²) in [6.07, 6.45) is -3.07. The third-order valence-electron chi connectivity index (χ3n) is 4.52. The lowest BCUT2D eigenvalue weighted by atomic mass is 9.89. The molecule has 0 aliphatic rings. The number of amides is 1. The topological polar surface area (TPSA) is 116 Å². The molecule has 6 nitrogen and oxygen atoms in total. The molecular weight excluding hydrogens is 438 g/mol. The SMILES string of the molecule is NC(=O)C(c1ccc(-c2cncc(C(F)(F)F)c2)c(S(N)(=O)=O)c1)c1ccccc1F. The molecule has 0 bridgehead atoms. The van der Waals surface area contributed by atoms with Gasteiger partial charge in [-0.1, -0.05) is 30.3 Å². The van der Waals surface area contributed by atoms with Crippen molar-refractivity contribution in [2.75, 3.05) is 0 Å². The molecule has 162 valence electrons. The van der Waals surface area contributed by atoms with Crippen LogP contribution in [0, 0.1) is 5.82 Å². The largest absolute Gasteiger partial charge is 0.417 e.